The van der Waals surface area contributed by atoms with Gasteiger partial charge in [-0.15, -0.1) is 0 Å². The van der Waals surface area contributed by atoms with Crippen molar-refractivity contribution in [2.45, 2.75) is 33.2 Å². The molecule has 0 bridgehead atoms. The summed E-state index contributed by atoms with van der Waals surface area (Å²) in [6.07, 6.45) is 6.46. The van der Waals surface area contributed by atoms with E-state index in [-0.39, 0.29) is 23.8 Å². The molecule has 1 aliphatic heterocycles. The van der Waals surface area contributed by atoms with E-state index in [0.717, 1.165) is 26.1 Å². The second kappa shape index (κ2) is 16.5. The quantitative estimate of drug-likeness (QED) is 0.0906. The number of amides is 2. The van der Waals surface area contributed by atoms with Crippen molar-refractivity contribution in [2.75, 3.05) is 63.7 Å². The normalized spacial score (nSPS) is 13.6. The van der Waals surface area contributed by atoms with Crippen LogP contribution in [0.3, 0.4) is 0 Å². The summed E-state index contributed by atoms with van der Waals surface area (Å²) >= 11 is 3.43. The number of benzene rings is 1. The average Bonchev–Trinajstić information content (AvgIpc) is 3.66. The topological polar surface area (TPSA) is 189 Å². The van der Waals surface area contributed by atoms with Crippen LogP contribution in [0.5, 0.6) is 5.75 Å². The Labute approximate surface area is 291 Å². The van der Waals surface area contributed by atoms with Gasteiger partial charge in [0, 0.05) is 51.4 Å². The number of allylic oxidation sites excluding steroid dienone is 1. The number of carbonyl (C=O) groups is 3. The molecule has 0 aliphatic carbocycles. The standard InChI is InChI=1S/C33H39BrN8O7/c1-4-24-28(49-20(2)38-24)31(44)40-33-39-25-17-21(29(35)43)18-26(48-13-7-9-41-11-14-47-15-12-41)27(25)42(33)10-6-5-8-36-30-23(34)16-22(19-37-30)32(45)46-3/h5-6,16-19H,4,7-15H2,1-3H3,(H2,35,43)(H,36,37)(H,39,40,44)/b6-5+. The molecule has 0 spiro atoms. The average molecular weight is 740 g/mol. The van der Waals surface area contributed by atoms with Crippen LogP contribution in [0.25, 0.3) is 11.0 Å². The van der Waals surface area contributed by atoms with Crippen LogP contribution in [0, 0.1) is 6.92 Å². The number of fused-ring (bicyclic) bond motifs is 1. The molecule has 5 rings (SSSR count). The Bertz CT molecular complexity index is 1850. The van der Waals surface area contributed by atoms with Crippen LogP contribution >= 0.6 is 15.9 Å². The van der Waals surface area contributed by atoms with Crippen LogP contribution in [0.1, 0.15) is 56.2 Å². The number of esters is 1. The number of hydrogen-bond acceptors (Lipinski definition) is 12. The van der Waals surface area contributed by atoms with E-state index in [9.17, 15) is 14.4 Å². The maximum atomic E-state index is 13.4. The number of primary amides is 1. The molecule has 1 aliphatic rings. The fourth-order valence-corrected chi connectivity index (χ4v) is 5.80. The van der Waals surface area contributed by atoms with E-state index in [4.69, 9.17) is 24.4 Å². The maximum absolute atomic E-state index is 13.4. The number of hydrogen-bond donors (Lipinski definition) is 3. The van der Waals surface area contributed by atoms with Gasteiger partial charge in [0.25, 0.3) is 5.91 Å². The van der Waals surface area contributed by atoms with Gasteiger partial charge < -0.3 is 34.2 Å². The van der Waals surface area contributed by atoms with E-state index in [1.54, 1.807) is 29.7 Å². The number of anilines is 2. The Balaban J connectivity index is 1.40. The number of ether oxygens (including phenoxy) is 3. The highest BCUT2D eigenvalue weighted by atomic mass is 79.9. The summed E-state index contributed by atoms with van der Waals surface area (Å²) in [6, 6.07) is 4.80. The molecule has 1 aromatic carbocycles. The molecule has 49 heavy (non-hydrogen) atoms. The molecule has 0 saturated carbocycles. The zero-order chi connectivity index (χ0) is 34.9. The van der Waals surface area contributed by atoms with Crippen LogP contribution in [-0.2, 0) is 22.4 Å². The number of morpholine rings is 1. The number of aryl methyl sites for hydroxylation is 2. The maximum Gasteiger partial charge on any atom is 0.339 e. The van der Waals surface area contributed by atoms with E-state index in [2.05, 4.69) is 46.4 Å². The van der Waals surface area contributed by atoms with E-state index in [1.165, 1.54) is 13.3 Å². The zero-order valence-corrected chi connectivity index (χ0v) is 29.2. The Morgan fingerprint density at radius 1 is 1.12 bits per heavy atom. The molecule has 260 valence electrons. The van der Waals surface area contributed by atoms with Gasteiger partial charge in [0.2, 0.25) is 17.6 Å². The molecule has 15 nitrogen and oxygen atoms in total. The van der Waals surface area contributed by atoms with Gasteiger partial charge in [-0.05, 0) is 47.0 Å². The predicted molar refractivity (Wildman–Crippen MR) is 185 cm³/mol. The van der Waals surface area contributed by atoms with E-state index in [1.807, 2.05) is 19.1 Å². The summed E-state index contributed by atoms with van der Waals surface area (Å²) < 4.78 is 24.5. The summed E-state index contributed by atoms with van der Waals surface area (Å²) in [7, 11) is 1.31. The second-order valence-electron chi connectivity index (χ2n) is 11.1. The fourth-order valence-electron chi connectivity index (χ4n) is 5.31. The Kier molecular flexibility index (Phi) is 12.0. The Hall–Kier alpha value is -4.80. The summed E-state index contributed by atoms with van der Waals surface area (Å²) in [6.45, 7) is 8.62. The van der Waals surface area contributed by atoms with E-state index >= 15 is 0 Å². The molecule has 2 amide bonds. The minimum absolute atomic E-state index is 0.104. The fraction of sp³-hybridized carbons (Fsp3) is 0.394. The number of carbonyl (C=O) groups excluding carboxylic acids is 3. The lowest BCUT2D eigenvalue weighted by Gasteiger charge is -2.26. The van der Waals surface area contributed by atoms with Crippen molar-refractivity contribution in [3.05, 3.63) is 69.5 Å². The zero-order valence-electron chi connectivity index (χ0n) is 27.6. The van der Waals surface area contributed by atoms with Crippen molar-refractivity contribution < 1.29 is 33.0 Å². The molecule has 1 saturated heterocycles. The lowest BCUT2D eigenvalue weighted by molar-refractivity contribution is 0.0358. The number of oxazole rings is 1. The molecule has 0 radical (unpaired) electrons. The third-order valence-electron chi connectivity index (χ3n) is 7.75. The minimum Gasteiger partial charge on any atom is -0.491 e. The predicted octanol–water partition coefficient (Wildman–Crippen LogP) is 3.96. The summed E-state index contributed by atoms with van der Waals surface area (Å²) in [5, 5.41) is 6.06. The molecule has 0 unspecified atom stereocenters. The van der Waals surface area contributed by atoms with Crippen molar-refractivity contribution in [1.82, 2.24) is 24.4 Å². The highest BCUT2D eigenvalue weighted by Gasteiger charge is 2.23. The van der Waals surface area contributed by atoms with E-state index < -0.39 is 17.8 Å². The van der Waals surface area contributed by atoms with Gasteiger partial charge in [0.05, 0.1) is 48.2 Å². The van der Waals surface area contributed by atoms with E-state index in [0.29, 0.717) is 77.0 Å². The second-order valence-corrected chi connectivity index (χ2v) is 12.0. The first-order valence-corrected chi connectivity index (χ1v) is 16.6. The van der Waals surface area contributed by atoms with Gasteiger partial charge in [0.15, 0.2) is 5.89 Å². The Morgan fingerprint density at radius 3 is 2.63 bits per heavy atom. The summed E-state index contributed by atoms with van der Waals surface area (Å²) in [5.74, 6) is 0.0389. The Morgan fingerprint density at radius 2 is 1.92 bits per heavy atom. The third kappa shape index (κ3) is 8.82. The first-order chi connectivity index (χ1) is 23.7. The van der Waals surface area contributed by atoms with Gasteiger partial charge in [-0.3, -0.25) is 19.8 Å². The van der Waals surface area contributed by atoms with Gasteiger partial charge in [-0.1, -0.05) is 19.1 Å². The van der Waals surface area contributed by atoms with Crippen molar-refractivity contribution in [2.24, 2.45) is 5.73 Å². The number of imidazole rings is 1. The minimum atomic E-state index is -0.629. The van der Waals surface area contributed by atoms with Crippen molar-refractivity contribution in [1.29, 1.82) is 0 Å². The van der Waals surface area contributed by atoms with Gasteiger partial charge in [-0.25, -0.2) is 19.7 Å². The van der Waals surface area contributed by atoms with Crippen LogP contribution in [0.15, 0.2) is 45.4 Å². The molecule has 1 fully saturated rings. The highest BCUT2D eigenvalue weighted by molar-refractivity contribution is 9.10. The first-order valence-electron chi connectivity index (χ1n) is 15.9. The molecule has 0 atom stereocenters. The van der Waals surface area contributed by atoms with Crippen molar-refractivity contribution in [3.8, 4) is 5.75 Å². The molecular weight excluding hydrogens is 700 g/mol. The monoisotopic (exact) mass is 738 g/mol. The lowest BCUT2D eigenvalue weighted by Crippen LogP contribution is -2.37. The lowest BCUT2D eigenvalue weighted by atomic mass is 10.1. The third-order valence-corrected chi connectivity index (χ3v) is 8.35. The van der Waals surface area contributed by atoms with Crippen LogP contribution in [0.2, 0.25) is 0 Å². The summed E-state index contributed by atoms with van der Waals surface area (Å²) in [5.41, 5.74) is 7.76. The SMILES string of the molecule is CCc1nc(C)oc1C(=O)Nc1nc2cc(C(N)=O)cc(OCCCN3CCOCC3)c2n1C/C=C/CNc1ncc(C(=O)OC)cc1Br. The van der Waals surface area contributed by atoms with Crippen molar-refractivity contribution in [3.63, 3.8) is 0 Å². The van der Waals surface area contributed by atoms with Crippen molar-refractivity contribution >= 4 is 56.5 Å². The smallest absolute Gasteiger partial charge is 0.339 e. The highest BCUT2D eigenvalue weighted by Crippen LogP contribution is 2.32. The number of halogens is 1. The van der Waals surface area contributed by atoms with Crippen LogP contribution in [-0.4, -0.2) is 95.3 Å². The molecule has 4 N–H and O–H groups in total. The van der Waals surface area contributed by atoms with Crippen LogP contribution < -0.4 is 21.1 Å². The molecule has 4 heterocycles. The van der Waals surface area contributed by atoms with Gasteiger partial charge >= 0.3 is 5.97 Å². The molecule has 16 heteroatoms. The molecular formula is C33H39BrN8O7. The molecule has 4 aromatic rings. The number of methoxy groups -OCH3 is 1. The summed E-state index contributed by atoms with van der Waals surface area (Å²) in [4.78, 5) is 53.1. The number of pyridine rings is 1. The molecule has 3 aromatic heterocycles. The number of aromatic nitrogens is 4. The number of rotatable bonds is 15. The van der Waals surface area contributed by atoms with Gasteiger partial charge in [-0.2, -0.15) is 0 Å². The number of nitrogens with one attached hydrogen (secondary N) is 2. The van der Waals surface area contributed by atoms with Crippen LogP contribution in [0.4, 0.5) is 11.8 Å². The number of nitrogens with zero attached hydrogens (tertiary/aromatic N) is 5. The first kappa shape index (κ1) is 35.5. The van der Waals surface area contributed by atoms with Gasteiger partial charge in [0.1, 0.15) is 17.1 Å². The largest absolute Gasteiger partial charge is 0.491 e. The number of nitrogens with two attached hydrogens (primary N) is 1.